The molecule has 4 heterocycles. The predicted octanol–water partition coefficient (Wildman–Crippen LogP) is 2.73. The molecule has 0 spiro atoms. The molecule has 0 radical (unpaired) electrons. The number of benzene rings is 1. The Kier molecular flexibility index (Phi) is 5.88. The van der Waals surface area contributed by atoms with E-state index in [1.807, 2.05) is 30.3 Å². The minimum atomic E-state index is -1.04. The molecule has 3 aromatic rings. The summed E-state index contributed by atoms with van der Waals surface area (Å²) in [5.74, 6) is 0.361. The molecule has 2 aromatic heterocycles. The number of aliphatic hydroxyl groups is 1. The summed E-state index contributed by atoms with van der Waals surface area (Å²) >= 11 is 1.01. The van der Waals surface area contributed by atoms with Crippen LogP contribution >= 0.6 is 11.3 Å². The van der Waals surface area contributed by atoms with Crippen LogP contribution in [0.1, 0.15) is 39.3 Å². The molecule has 1 fully saturated rings. The van der Waals surface area contributed by atoms with E-state index in [9.17, 15) is 19.8 Å². The molecule has 1 saturated heterocycles. The molecule has 5 rings (SSSR count). The van der Waals surface area contributed by atoms with Crippen LogP contribution in [0.25, 0.3) is 0 Å². The number of hydrogen-bond donors (Lipinski definition) is 3. The van der Waals surface area contributed by atoms with Gasteiger partial charge in [0.25, 0.3) is 0 Å². The fraction of sp³-hybridized carbons (Fsp3) is 0.348. The first-order valence-electron chi connectivity index (χ1n) is 11.0. The maximum Gasteiger partial charge on any atom is 0.347 e. The predicted molar refractivity (Wildman–Crippen MR) is 128 cm³/mol. The minimum Gasteiger partial charge on any atom is -0.477 e. The topological polar surface area (TPSA) is 132 Å². The lowest BCUT2D eigenvalue weighted by atomic mass is 10.1. The first kappa shape index (κ1) is 22.2. The number of hydrogen-bond acceptors (Lipinski definition) is 9. The summed E-state index contributed by atoms with van der Waals surface area (Å²) in [6.07, 6.45) is 1.11. The minimum absolute atomic E-state index is 0.0538. The number of aromatic carboxylic acids is 1. The summed E-state index contributed by atoms with van der Waals surface area (Å²) in [7, 11) is 0. The van der Waals surface area contributed by atoms with Gasteiger partial charge < -0.3 is 15.1 Å². The Labute approximate surface area is 199 Å². The molecule has 0 aliphatic carbocycles. The lowest BCUT2D eigenvalue weighted by Crippen LogP contribution is -2.37. The smallest absolute Gasteiger partial charge is 0.347 e. The fourth-order valence-electron chi connectivity index (χ4n) is 4.27. The average Bonchev–Trinajstić information content (AvgIpc) is 3.34. The van der Waals surface area contributed by atoms with E-state index in [-0.39, 0.29) is 29.3 Å². The second-order valence-electron chi connectivity index (χ2n) is 8.40. The van der Waals surface area contributed by atoms with Crippen molar-refractivity contribution in [3.63, 3.8) is 0 Å². The highest BCUT2D eigenvalue weighted by Crippen LogP contribution is 2.37. The van der Waals surface area contributed by atoms with Crippen LogP contribution < -0.4 is 15.1 Å². The molecule has 10 nitrogen and oxygen atoms in total. The molecule has 2 aliphatic rings. The number of piperidine rings is 1. The van der Waals surface area contributed by atoms with E-state index in [2.05, 4.69) is 20.2 Å². The normalized spacial score (nSPS) is 16.1. The average molecular weight is 481 g/mol. The van der Waals surface area contributed by atoms with Gasteiger partial charge in [0.15, 0.2) is 5.13 Å². The first-order chi connectivity index (χ1) is 16.4. The highest BCUT2D eigenvalue weighted by molar-refractivity contribution is 7.17. The number of carbonyl (C=O) groups is 2. The van der Waals surface area contributed by atoms with Crippen molar-refractivity contribution in [3.8, 4) is 0 Å². The first-order valence-corrected chi connectivity index (χ1v) is 11.9. The number of anilines is 4. The number of fused-ring (bicyclic) bond motifs is 1. The van der Waals surface area contributed by atoms with E-state index >= 15 is 0 Å². The van der Waals surface area contributed by atoms with Crippen LogP contribution in [0, 0.1) is 6.92 Å². The van der Waals surface area contributed by atoms with Gasteiger partial charge in [0.2, 0.25) is 11.9 Å². The monoisotopic (exact) mass is 480 g/mol. The lowest BCUT2D eigenvalue weighted by Gasteiger charge is -2.31. The fourth-order valence-corrected chi connectivity index (χ4v) is 5.07. The van der Waals surface area contributed by atoms with Crippen molar-refractivity contribution in [1.29, 1.82) is 0 Å². The van der Waals surface area contributed by atoms with Crippen molar-refractivity contribution in [2.24, 2.45) is 0 Å². The van der Waals surface area contributed by atoms with Crippen LogP contribution in [0.3, 0.4) is 0 Å². The molecule has 2 aliphatic heterocycles. The third kappa shape index (κ3) is 4.31. The van der Waals surface area contributed by atoms with E-state index in [4.69, 9.17) is 4.98 Å². The molecule has 0 bridgehead atoms. The van der Waals surface area contributed by atoms with Crippen molar-refractivity contribution in [2.75, 3.05) is 28.2 Å². The van der Waals surface area contributed by atoms with Crippen molar-refractivity contribution >= 4 is 45.9 Å². The van der Waals surface area contributed by atoms with Gasteiger partial charge in [-0.05, 0) is 25.3 Å². The number of aromatic nitrogens is 3. The van der Waals surface area contributed by atoms with Gasteiger partial charge in [-0.3, -0.25) is 15.0 Å². The zero-order valence-electron chi connectivity index (χ0n) is 18.6. The van der Waals surface area contributed by atoms with Crippen molar-refractivity contribution < 1.29 is 19.8 Å². The molecule has 1 aromatic carbocycles. The van der Waals surface area contributed by atoms with Gasteiger partial charge >= 0.3 is 5.97 Å². The number of thiazole rings is 1. The van der Waals surface area contributed by atoms with Crippen molar-refractivity contribution in [2.45, 2.75) is 38.8 Å². The zero-order valence-corrected chi connectivity index (χ0v) is 19.4. The summed E-state index contributed by atoms with van der Waals surface area (Å²) < 4.78 is 0. The number of nitrogens with one attached hydrogen (secondary N) is 1. The van der Waals surface area contributed by atoms with Crippen molar-refractivity contribution in [1.82, 2.24) is 15.0 Å². The van der Waals surface area contributed by atoms with Crippen LogP contribution in [-0.4, -0.2) is 56.2 Å². The van der Waals surface area contributed by atoms with Crippen LogP contribution in [0.15, 0.2) is 30.3 Å². The number of carbonyl (C=O) groups excluding carboxylic acids is 1. The molecular weight excluding hydrogens is 456 g/mol. The van der Waals surface area contributed by atoms with Gasteiger partial charge in [-0.15, -0.1) is 0 Å². The van der Waals surface area contributed by atoms with E-state index in [1.165, 1.54) is 0 Å². The number of nitrogens with zero attached hydrogens (tertiary/aromatic N) is 5. The molecule has 0 unspecified atom stereocenters. The largest absolute Gasteiger partial charge is 0.477 e. The highest BCUT2D eigenvalue weighted by atomic mass is 32.1. The van der Waals surface area contributed by atoms with Gasteiger partial charge in [-0.25, -0.2) is 9.78 Å². The molecule has 176 valence electrons. The van der Waals surface area contributed by atoms with Gasteiger partial charge in [0.05, 0.1) is 24.8 Å². The van der Waals surface area contributed by atoms with E-state index in [0.29, 0.717) is 54.9 Å². The molecular formula is C23H24N6O4S. The van der Waals surface area contributed by atoms with Crippen LogP contribution in [0.5, 0.6) is 0 Å². The Morgan fingerprint density at radius 1 is 1.15 bits per heavy atom. The van der Waals surface area contributed by atoms with Gasteiger partial charge in [-0.1, -0.05) is 41.7 Å². The highest BCUT2D eigenvalue weighted by Gasteiger charge is 2.35. The number of rotatable bonds is 6. The van der Waals surface area contributed by atoms with Gasteiger partial charge in [-0.2, -0.15) is 9.97 Å². The number of aryl methyl sites for hydroxylation is 1. The maximum absolute atomic E-state index is 13.0. The maximum atomic E-state index is 13.0. The van der Waals surface area contributed by atoms with E-state index in [1.54, 1.807) is 11.8 Å². The molecule has 1 amide bonds. The summed E-state index contributed by atoms with van der Waals surface area (Å²) in [5.41, 5.74) is 2.16. The Balaban J connectivity index is 1.53. The SMILES string of the molecule is Cc1nc(Nc2nc(N3CCC(O)CC3)c3c(n2)N(Cc2ccccc2)C(=O)C3)sc1C(=O)O. The Hall–Kier alpha value is -3.57. The summed E-state index contributed by atoms with van der Waals surface area (Å²) in [6.45, 7) is 3.27. The van der Waals surface area contributed by atoms with Crippen LogP contribution in [-0.2, 0) is 17.8 Å². The van der Waals surface area contributed by atoms with Crippen LogP contribution in [0.2, 0.25) is 0 Å². The Bertz CT molecular complexity index is 1240. The van der Waals surface area contributed by atoms with E-state index < -0.39 is 5.97 Å². The number of aliphatic hydroxyl groups excluding tert-OH is 1. The Morgan fingerprint density at radius 2 is 1.85 bits per heavy atom. The number of carboxylic acid groups (broad SMARTS) is 1. The molecule has 0 saturated carbocycles. The van der Waals surface area contributed by atoms with Gasteiger partial charge in [0.1, 0.15) is 16.5 Å². The number of carboxylic acids is 1. The third-order valence-corrected chi connectivity index (χ3v) is 7.07. The summed E-state index contributed by atoms with van der Waals surface area (Å²) in [6, 6.07) is 9.71. The number of amides is 1. The van der Waals surface area contributed by atoms with E-state index in [0.717, 1.165) is 22.5 Å². The molecule has 3 N–H and O–H groups in total. The van der Waals surface area contributed by atoms with Crippen LogP contribution in [0.4, 0.5) is 22.7 Å². The lowest BCUT2D eigenvalue weighted by molar-refractivity contribution is -0.117. The molecule has 11 heteroatoms. The summed E-state index contributed by atoms with van der Waals surface area (Å²) in [4.78, 5) is 42.0. The third-order valence-electron chi connectivity index (χ3n) is 6.01. The standard InChI is InChI=1S/C23H24N6O4S/c1-13-18(21(32)33)34-23(24-13)27-22-25-19(28-9-7-15(30)8-10-28)16-11-17(31)29(20(16)26-22)12-14-5-3-2-4-6-14/h2-6,15,30H,7-12H2,1H3,(H,32,33)(H,24,25,26,27). The Morgan fingerprint density at radius 3 is 2.53 bits per heavy atom. The molecule has 0 atom stereocenters. The van der Waals surface area contributed by atoms with Crippen molar-refractivity contribution in [3.05, 3.63) is 52.0 Å². The van der Waals surface area contributed by atoms with Gasteiger partial charge in [0, 0.05) is 18.7 Å². The second kappa shape index (κ2) is 8.99. The second-order valence-corrected chi connectivity index (χ2v) is 9.40. The zero-order chi connectivity index (χ0) is 23.8. The molecule has 34 heavy (non-hydrogen) atoms. The quantitative estimate of drug-likeness (QED) is 0.487. The summed E-state index contributed by atoms with van der Waals surface area (Å²) in [5, 5.41) is 22.7.